The second-order valence-electron chi connectivity index (χ2n) is 3.49. The summed E-state index contributed by atoms with van der Waals surface area (Å²) in [4.78, 5) is 3.23. The van der Waals surface area contributed by atoms with Crippen molar-refractivity contribution in [3.8, 4) is 0 Å². The van der Waals surface area contributed by atoms with E-state index in [1.165, 1.54) is 19.9 Å². The van der Waals surface area contributed by atoms with Crippen molar-refractivity contribution < 1.29 is 18.3 Å². The first kappa shape index (κ1) is 11.0. The second-order valence-corrected chi connectivity index (χ2v) is 3.49. The van der Waals surface area contributed by atoms with Crippen LogP contribution in [0.2, 0.25) is 0 Å². The fourth-order valence-electron chi connectivity index (χ4n) is 0.923. The summed E-state index contributed by atoms with van der Waals surface area (Å²) in [6.45, 7) is 2.97. The molecule has 1 aromatic heterocycles. The van der Waals surface area contributed by atoms with Crippen molar-refractivity contribution in [2.75, 3.05) is 0 Å². The smallest absolute Gasteiger partial charge is 0.386 e. The molecular weight excluding hydrogens is 195 g/mol. The maximum atomic E-state index is 12.1. The standard InChI is InChI=1S/C9H10F3NO/c1-8(2,14)6-3-4-7(13-5-6)9(10,11)12/h3-5,14H,1-2H3. The van der Waals surface area contributed by atoms with Crippen LogP contribution in [0.5, 0.6) is 0 Å². The predicted octanol–water partition coefficient (Wildman–Crippen LogP) is 2.33. The zero-order valence-electron chi connectivity index (χ0n) is 7.76. The van der Waals surface area contributed by atoms with E-state index in [9.17, 15) is 18.3 Å². The molecule has 78 valence electrons. The Morgan fingerprint density at radius 1 is 1.21 bits per heavy atom. The van der Waals surface area contributed by atoms with E-state index < -0.39 is 17.5 Å². The molecule has 0 saturated carbocycles. The summed E-state index contributed by atoms with van der Waals surface area (Å²) in [6, 6.07) is 2.07. The van der Waals surface area contributed by atoms with Crippen LogP contribution in [-0.2, 0) is 11.8 Å². The van der Waals surface area contributed by atoms with Gasteiger partial charge in [-0.3, -0.25) is 4.98 Å². The van der Waals surface area contributed by atoms with Gasteiger partial charge in [-0.05, 0) is 19.9 Å². The van der Waals surface area contributed by atoms with Gasteiger partial charge < -0.3 is 5.11 Å². The van der Waals surface area contributed by atoms with Gasteiger partial charge in [-0.15, -0.1) is 0 Å². The lowest BCUT2D eigenvalue weighted by Crippen LogP contribution is -2.17. The average Bonchev–Trinajstić information content (AvgIpc) is 2.01. The Hall–Kier alpha value is -1.10. The first-order valence-electron chi connectivity index (χ1n) is 3.97. The minimum absolute atomic E-state index is 0.352. The summed E-state index contributed by atoms with van der Waals surface area (Å²) >= 11 is 0. The van der Waals surface area contributed by atoms with Gasteiger partial charge in [0.2, 0.25) is 0 Å². The van der Waals surface area contributed by atoms with Gasteiger partial charge in [0.25, 0.3) is 0 Å². The zero-order valence-corrected chi connectivity index (χ0v) is 7.76. The number of halogens is 3. The highest BCUT2D eigenvalue weighted by atomic mass is 19.4. The van der Waals surface area contributed by atoms with Crippen LogP contribution >= 0.6 is 0 Å². The molecule has 5 heteroatoms. The van der Waals surface area contributed by atoms with Crippen LogP contribution in [0.3, 0.4) is 0 Å². The van der Waals surface area contributed by atoms with E-state index in [0.717, 1.165) is 12.3 Å². The third kappa shape index (κ3) is 2.45. The molecule has 0 aromatic carbocycles. The molecule has 1 heterocycles. The average molecular weight is 205 g/mol. The summed E-state index contributed by atoms with van der Waals surface area (Å²) in [5.41, 5.74) is -1.77. The lowest BCUT2D eigenvalue weighted by atomic mass is 10.0. The Balaban J connectivity index is 3.02. The van der Waals surface area contributed by atoms with Crippen LogP contribution in [0.25, 0.3) is 0 Å². The van der Waals surface area contributed by atoms with Crippen molar-refractivity contribution in [3.05, 3.63) is 29.6 Å². The molecule has 0 fully saturated rings. The Kier molecular flexibility index (Phi) is 2.54. The maximum Gasteiger partial charge on any atom is 0.433 e. The first-order valence-corrected chi connectivity index (χ1v) is 3.97. The number of aromatic nitrogens is 1. The molecule has 0 saturated heterocycles. The van der Waals surface area contributed by atoms with Crippen LogP contribution < -0.4 is 0 Å². The molecule has 1 N–H and O–H groups in total. The number of hydrogen-bond donors (Lipinski definition) is 1. The van der Waals surface area contributed by atoms with Crippen molar-refractivity contribution in [3.63, 3.8) is 0 Å². The number of hydrogen-bond acceptors (Lipinski definition) is 2. The van der Waals surface area contributed by atoms with Gasteiger partial charge in [0.1, 0.15) is 5.69 Å². The highest BCUT2D eigenvalue weighted by Gasteiger charge is 2.32. The molecule has 0 bridgehead atoms. The first-order chi connectivity index (χ1) is 6.21. The predicted molar refractivity (Wildman–Crippen MR) is 44.5 cm³/mol. The van der Waals surface area contributed by atoms with Gasteiger partial charge in [0.15, 0.2) is 0 Å². The Morgan fingerprint density at radius 2 is 1.79 bits per heavy atom. The quantitative estimate of drug-likeness (QED) is 0.763. The van der Waals surface area contributed by atoms with Crippen LogP contribution in [0.1, 0.15) is 25.1 Å². The Morgan fingerprint density at radius 3 is 2.07 bits per heavy atom. The number of pyridine rings is 1. The van der Waals surface area contributed by atoms with E-state index in [1.807, 2.05) is 0 Å². The molecule has 0 atom stereocenters. The van der Waals surface area contributed by atoms with Gasteiger partial charge in [0.05, 0.1) is 5.60 Å². The number of nitrogens with zero attached hydrogens (tertiary/aromatic N) is 1. The molecule has 0 radical (unpaired) electrons. The lowest BCUT2D eigenvalue weighted by Gasteiger charge is -2.17. The highest BCUT2D eigenvalue weighted by molar-refractivity contribution is 5.20. The van der Waals surface area contributed by atoms with E-state index in [-0.39, 0.29) is 0 Å². The van der Waals surface area contributed by atoms with E-state index in [0.29, 0.717) is 5.56 Å². The van der Waals surface area contributed by atoms with Crippen LogP contribution in [0.4, 0.5) is 13.2 Å². The normalized spacial score (nSPS) is 13.0. The SMILES string of the molecule is CC(C)(O)c1ccc(C(F)(F)F)nc1. The molecule has 0 aliphatic rings. The monoisotopic (exact) mass is 205 g/mol. The van der Waals surface area contributed by atoms with Gasteiger partial charge in [0, 0.05) is 11.8 Å². The van der Waals surface area contributed by atoms with Gasteiger partial charge in [-0.25, -0.2) is 0 Å². The minimum Gasteiger partial charge on any atom is -0.386 e. The van der Waals surface area contributed by atoms with Gasteiger partial charge in [-0.2, -0.15) is 13.2 Å². The van der Waals surface area contributed by atoms with Crippen LogP contribution in [-0.4, -0.2) is 10.1 Å². The molecule has 1 rings (SSSR count). The van der Waals surface area contributed by atoms with Crippen molar-refractivity contribution >= 4 is 0 Å². The summed E-state index contributed by atoms with van der Waals surface area (Å²) < 4.78 is 36.3. The highest BCUT2D eigenvalue weighted by Crippen LogP contribution is 2.28. The summed E-state index contributed by atoms with van der Waals surface area (Å²) in [7, 11) is 0. The van der Waals surface area contributed by atoms with E-state index in [2.05, 4.69) is 4.98 Å². The van der Waals surface area contributed by atoms with E-state index >= 15 is 0 Å². The molecule has 0 unspecified atom stereocenters. The number of alkyl halides is 3. The molecular formula is C9H10F3NO. The van der Waals surface area contributed by atoms with Crippen molar-refractivity contribution in [2.24, 2.45) is 0 Å². The Bertz CT molecular complexity index is 277. The van der Waals surface area contributed by atoms with E-state index in [4.69, 9.17) is 0 Å². The topological polar surface area (TPSA) is 33.1 Å². The lowest BCUT2D eigenvalue weighted by molar-refractivity contribution is -0.141. The molecule has 0 amide bonds. The fourth-order valence-corrected chi connectivity index (χ4v) is 0.923. The largest absolute Gasteiger partial charge is 0.433 e. The Labute approximate surface area is 79.4 Å². The second kappa shape index (κ2) is 3.24. The van der Waals surface area contributed by atoms with Crippen LogP contribution in [0, 0.1) is 0 Å². The number of rotatable bonds is 1. The summed E-state index contributed by atoms with van der Waals surface area (Å²) in [6.07, 6.45) is -3.40. The molecule has 14 heavy (non-hydrogen) atoms. The zero-order chi connectivity index (χ0) is 11.0. The van der Waals surface area contributed by atoms with Crippen molar-refractivity contribution in [1.29, 1.82) is 0 Å². The minimum atomic E-state index is -4.43. The molecule has 0 aliphatic heterocycles. The number of aliphatic hydroxyl groups is 1. The molecule has 0 aliphatic carbocycles. The fraction of sp³-hybridized carbons (Fsp3) is 0.444. The van der Waals surface area contributed by atoms with Gasteiger partial charge >= 0.3 is 6.18 Å². The summed E-state index contributed by atoms with van der Waals surface area (Å²) in [5, 5.41) is 9.46. The van der Waals surface area contributed by atoms with Crippen molar-refractivity contribution in [1.82, 2.24) is 4.98 Å². The third-order valence-corrected chi connectivity index (χ3v) is 1.76. The maximum absolute atomic E-state index is 12.1. The summed E-state index contributed by atoms with van der Waals surface area (Å²) in [5.74, 6) is 0. The molecule has 0 spiro atoms. The van der Waals surface area contributed by atoms with Gasteiger partial charge in [-0.1, -0.05) is 6.07 Å². The van der Waals surface area contributed by atoms with Crippen LogP contribution in [0.15, 0.2) is 18.3 Å². The third-order valence-electron chi connectivity index (χ3n) is 1.76. The van der Waals surface area contributed by atoms with Crippen molar-refractivity contribution in [2.45, 2.75) is 25.6 Å². The molecule has 1 aromatic rings. The molecule has 2 nitrogen and oxygen atoms in total. The van der Waals surface area contributed by atoms with E-state index in [1.54, 1.807) is 0 Å².